The Labute approximate surface area is 141 Å². The summed E-state index contributed by atoms with van der Waals surface area (Å²) in [5, 5.41) is 5.89. The number of carbonyl (C=O) groups excluding carboxylic acids is 1. The molecule has 0 saturated heterocycles. The van der Waals surface area contributed by atoms with E-state index in [0.717, 1.165) is 15.8 Å². The predicted octanol–water partition coefficient (Wildman–Crippen LogP) is 4.24. The van der Waals surface area contributed by atoms with E-state index in [1.807, 2.05) is 54.6 Å². The number of nitrogens with zero attached hydrogens (tertiary/aromatic N) is 2. The summed E-state index contributed by atoms with van der Waals surface area (Å²) in [5.74, 6) is 0.275. The van der Waals surface area contributed by atoms with Crippen LogP contribution >= 0.6 is 15.9 Å². The van der Waals surface area contributed by atoms with Crippen molar-refractivity contribution in [3.8, 4) is 0 Å². The lowest BCUT2D eigenvalue weighted by molar-refractivity contribution is 0.102. The first-order valence-electron chi connectivity index (χ1n) is 6.92. The van der Waals surface area contributed by atoms with Crippen LogP contribution in [0.3, 0.4) is 0 Å². The molecule has 6 heteroatoms. The van der Waals surface area contributed by atoms with E-state index >= 15 is 0 Å². The Balaban J connectivity index is 1.68. The Morgan fingerprint density at radius 3 is 2.39 bits per heavy atom. The highest BCUT2D eigenvalue weighted by molar-refractivity contribution is 9.10. The van der Waals surface area contributed by atoms with Crippen molar-refractivity contribution in [1.82, 2.24) is 9.97 Å². The normalized spacial score (nSPS) is 10.1. The van der Waals surface area contributed by atoms with Gasteiger partial charge in [-0.05, 0) is 30.3 Å². The van der Waals surface area contributed by atoms with Gasteiger partial charge in [-0.2, -0.15) is 0 Å². The lowest BCUT2D eigenvalue weighted by atomic mass is 10.3. The van der Waals surface area contributed by atoms with Gasteiger partial charge in [0.15, 0.2) is 0 Å². The standard InChI is InChI=1S/C17H13BrN4O/c18-12-5-4-8-14(9-12)21-16-11-19-15(10-20-16)17(23)22-13-6-2-1-3-7-13/h1-11H,(H,20,21)(H,22,23). The van der Waals surface area contributed by atoms with E-state index in [9.17, 15) is 4.79 Å². The second kappa shape index (κ2) is 7.02. The highest BCUT2D eigenvalue weighted by atomic mass is 79.9. The zero-order valence-electron chi connectivity index (χ0n) is 12.0. The largest absolute Gasteiger partial charge is 0.339 e. The third-order valence-electron chi connectivity index (χ3n) is 3.01. The van der Waals surface area contributed by atoms with Crippen molar-refractivity contribution in [2.24, 2.45) is 0 Å². The number of carbonyl (C=O) groups is 1. The number of nitrogens with one attached hydrogen (secondary N) is 2. The summed E-state index contributed by atoms with van der Waals surface area (Å²) in [6.45, 7) is 0. The van der Waals surface area contributed by atoms with Crippen molar-refractivity contribution in [3.05, 3.63) is 77.2 Å². The van der Waals surface area contributed by atoms with Crippen molar-refractivity contribution in [2.45, 2.75) is 0 Å². The molecule has 0 aliphatic heterocycles. The Morgan fingerprint density at radius 2 is 1.70 bits per heavy atom. The Hall–Kier alpha value is -2.73. The fraction of sp³-hybridized carbons (Fsp3) is 0. The quantitative estimate of drug-likeness (QED) is 0.722. The first kappa shape index (κ1) is 15.2. The van der Waals surface area contributed by atoms with E-state index in [1.165, 1.54) is 12.4 Å². The molecule has 1 aromatic heterocycles. The summed E-state index contributed by atoms with van der Waals surface area (Å²) in [6.07, 6.45) is 2.97. The van der Waals surface area contributed by atoms with Crippen LogP contribution < -0.4 is 10.6 Å². The lowest BCUT2D eigenvalue weighted by Gasteiger charge is -2.07. The molecular formula is C17H13BrN4O. The van der Waals surface area contributed by atoms with Crippen LogP contribution in [0, 0.1) is 0 Å². The smallest absolute Gasteiger partial charge is 0.275 e. The average molecular weight is 369 g/mol. The lowest BCUT2D eigenvalue weighted by Crippen LogP contribution is -2.14. The van der Waals surface area contributed by atoms with Crippen LogP contribution in [0.1, 0.15) is 10.5 Å². The minimum atomic E-state index is -0.294. The summed E-state index contributed by atoms with van der Waals surface area (Å²) in [4.78, 5) is 20.4. The van der Waals surface area contributed by atoms with Crippen LogP contribution in [0.25, 0.3) is 0 Å². The zero-order valence-corrected chi connectivity index (χ0v) is 13.6. The highest BCUT2D eigenvalue weighted by Gasteiger charge is 2.08. The fourth-order valence-corrected chi connectivity index (χ4v) is 2.34. The minimum absolute atomic E-state index is 0.258. The molecule has 23 heavy (non-hydrogen) atoms. The number of hydrogen-bond acceptors (Lipinski definition) is 4. The predicted molar refractivity (Wildman–Crippen MR) is 93.9 cm³/mol. The van der Waals surface area contributed by atoms with Crippen molar-refractivity contribution in [2.75, 3.05) is 10.6 Å². The summed E-state index contributed by atoms with van der Waals surface area (Å²) in [5.41, 5.74) is 1.86. The molecule has 2 N–H and O–H groups in total. The Bertz CT molecular complexity index is 806. The van der Waals surface area contributed by atoms with Gasteiger partial charge in [-0.25, -0.2) is 9.97 Å². The maximum absolute atomic E-state index is 12.1. The third kappa shape index (κ3) is 4.14. The average Bonchev–Trinajstić information content (AvgIpc) is 2.56. The van der Waals surface area contributed by atoms with Gasteiger partial charge >= 0.3 is 0 Å². The van der Waals surface area contributed by atoms with Crippen molar-refractivity contribution >= 4 is 39.0 Å². The van der Waals surface area contributed by atoms with Crippen LogP contribution in [0.4, 0.5) is 17.2 Å². The van der Waals surface area contributed by atoms with E-state index in [1.54, 1.807) is 0 Å². The molecule has 0 saturated carbocycles. The van der Waals surface area contributed by atoms with Gasteiger partial charge in [0.05, 0.1) is 12.4 Å². The number of para-hydroxylation sites is 1. The molecule has 2 aromatic carbocycles. The second-order valence-electron chi connectivity index (χ2n) is 4.74. The van der Waals surface area contributed by atoms with Crippen LogP contribution in [0.2, 0.25) is 0 Å². The first-order valence-corrected chi connectivity index (χ1v) is 7.71. The van der Waals surface area contributed by atoms with Gasteiger partial charge in [0.25, 0.3) is 5.91 Å². The minimum Gasteiger partial charge on any atom is -0.339 e. The SMILES string of the molecule is O=C(Nc1ccccc1)c1cnc(Nc2cccc(Br)c2)cn1. The van der Waals surface area contributed by atoms with Crippen molar-refractivity contribution in [1.29, 1.82) is 0 Å². The molecule has 1 heterocycles. The van der Waals surface area contributed by atoms with E-state index in [0.29, 0.717) is 5.82 Å². The summed E-state index contributed by atoms with van der Waals surface area (Å²) in [6, 6.07) is 16.9. The topological polar surface area (TPSA) is 66.9 Å². The monoisotopic (exact) mass is 368 g/mol. The van der Waals surface area contributed by atoms with Crippen LogP contribution in [-0.4, -0.2) is 15.9 Å². The van der Waals surface area contributed by atoms with E-state index in [4.69, 9.17) is 0 Å². The maximum atomic E-state index is 12.1. The molecule has 0 radical (unpaired) electrons. The molecule has 114 valence electrons. The van der Waals surface area contributed by atoms with E-state index in [-0.39, 0.29) is 11.6 Å². The van der Waals surface area contributed by atoms with Crippen LogP contribution in [0.15, 0.2) is 71.5 Å². The number of hydrogen-bond donors (Lipinski definition) is 2. The van der Waals surface area contributed by atoms with E-state index in [2.05, 4.69) is 36.5 Å². The molecule has 0 bridgehead atoms. The van der Waals surface area contributed by atoms with Crippen LogP contribution in [0.5, 0.6) is 0 Å². The molecule has 3 aromatic rings. The van der Waals surface area contributed by atoms with E-state index < -0.39 is 0 Å². The molecule has 3 rings (SSSR count). The van der Waals surface area contributed by atoms with Gasteiger partial charge in [0, 0.05) is 15.8 Å². The number of amides is 1. The van der Waals surface area contributed by atoms with Gasteiger partial charge in [-0.15, -0.1) is 0 Å². The molecule has 0 unspecified atom stereocenters. The molecule has 0 fully saturated rings. The summed E-state index contributed by atoms with van der Waals surface area (Å²) in [7, 11) is 0. The van der Waals surface area contributed by atoms with Gasteiger partial charge in [-0.1, -0.05) is 40.2 Å². The fourth-order valence-electron chi connectivity index (χ4n) is 1.94. The number of benzene rings is 2. The Kier molecular flexibility index (Phi) is 4.63. The summed E-state index contributed by atoms with van der Waals surface area (Å²) >= 11 is 3.41. The van der Waals surface area contributed by atoms with Gasteiger partial charge in [-0.3, -0.25) is 4.79 Å². The van der Waals surface area contributed by atoms with Crippen molar-refractivity contribution < 1.29 is 4.79 Å². The second-order valence-corrected chi connectivity index (χ2v) is 5.66. The van der Waals surface area contributed by atoms with Gasteiger partial charge < -0.3 is 10.6 Å². The molecule has 1 amide bonds. The summed E-state index contributed by atoms with van der Waals surface area (Å²) < 4.78 is 0.967. The maximum Gasteiger partial charge on any atom is 0.275 e. The highest BCUT2D eigenvalue weighted by Crippen LogP contribution is 2.18. The number of halogens is 1. The molecular weight excluding hydrogens is 356 g/mol. The Morgan fingerprint density at radius 1 is 0.913 bits per heavy atom. The number of rotatable bonds is 4. The number of anilines is 3. The molecule has 5 nitrogen and oxygen atoms in total. The molecule has 0 atom stereocenters. The first-order chi connectivity index (χ1) is 11.2. The van der Waals surface area contributed by atoms with Gasteiger partial charge in [0.2, 0.25) is 0 Å². The molecule has 0 spiro atoms. The molecule has 0 aliphatic rings. The third-order valence-corrected chi connectivity index (χ3v) is 3.51. The van der Waals surface area contributed by atoms with Gasteiger partial charge in [0.1, 0.15) is 11.5 Å². The number of aromatic nitrogens is 2. The molecule has 0 aliphatic carbocycles. The zero-order chi connectivity index (χ0) is 16.1. The van der Waals surface area contributed by atoms with Crippen molar-refractivity contribution in [3.63, 3.8) is 0 Å². The van der Waals surface area contributed by atoms with Crippen LogP contribution in [-0.2, 0) is 0 Å².